The molecule has 0 aliphatic rings. The summed E-state index contributed by atoms with van der Waals surface area (Å²) in [4.78, 5) is 17.8. The maximum absolute atomic E-state index is 12.9. The van der Waals surface area contributed by atoms with E-state index in [0.29, 0.717) is 25.7 Å². The third-order valence-electron chi connectivity index (χ3n) is 5.02. The lowest BCUT2D eigenvalue weighted by Gasteiger charge is -2.23. The molecule has 0 saturated heterocycles. The van der Waals surface area contributed by atoms with E-state index < -0.39 is 5.54 Å². The molecule has 0 aliphatic carbocycles. The van der Waals surface area contributed by atoms with Gasteiger partial charge in [0.1, 0.15) is 0 Å². The Labute approximate surface area is 204 Å². The Morgan fingerprint density at radius 2 is 1.62 bits per heavy atom. The van der Waals surface area contributed by atoms with Crippen LogP contribution >= 0.6 is 39.1 Å². The summed E-state index contributed by atoms with van der Waals surface area (Å²) in [6, 6.07) is 16.6. The van der Waals surface area contributed by atoms with Gasteiger partial charge in [-0.2, -0.15) is 0 Å². The third-order valence-corrected chi connectivity index (χ3v) is 6.11. The number of aliphatic hydroxyl groups excluding tert-OH is 1. The van der Waals surface area contributed by atoms with Crippen molar-refractivity contribution in [3.05, 3.63) is 80.9 Å². The molecule has 0 spiro atoms. The Morgan fingerprint density at radius 1 is 1.06 bits per heavy atom. The van der Waals surface area contributed by atoms with Crippen molar-refractivity contribution in [3.8, 4) is 22.5 Å². The van der Waals surface area contributed by atoms with Crippen molar-refractivity contribution >= 4 is 50.7 Å². The first kappa shape index (κ1) is 22.8. The van der Waals surface area contributed by atoms with Crippen LogP contribution in [-0.2, 0) is 0 Å². The van der Waals surface area contributed by atoms with Crippen LogP contribution in [0.15, 0.2) is 65.3 Å². The second-order valence-corrected chi connectivity index (χ2v) is 9.82. The average molecular weight is 533 g/mol. The second kappa shape index (κ2) is 8.87. The van der Waals surface area contributed by atoms with Crippen LogP contribution in [0.5, 0.6) is 0 Å². The molecular formula is C24H20BrCl2N3O2. The fourth-order valence-corrected chi connectivity index (χ4v) is 4.12. The highest BCUT2D eigenvalue weighted by molar-refractivity contribution is 9.10. The zero-order valence-corrected chi connectivity index (χ0v) is 20.5. The number of carbonyl (C=O) groups is 1. The minimum atomic E-state index is -0.749. The van der Waals surface area contributed by atoms with Crippen LogP contribution in [0, 0.1) is 0 Å². The first-order valence-electron chi connectivity index (χ1n) is 9.85. The molecule has 0 saturated carbocycles. The van der Waals surface area contributed by atoms with Crippen LogP contribution < -0.4 is 5.32 Å². The molecule has 8 heteroatoms. The molecule has 1 amide bonds. The zero-order chi connectivity index (χ0) is 23.0. The highest BCUT2D eigenvalue weighted by Gasteiger charge is 2.23. The van der Waals surface area contributed by atoms with Crippen molar-refractivity contribution in [1.82, 2.24) is 14.7 Å². The standard InChI is InChI=1S/C24H20BrCl2N3O2/c1-24(2,13-31)29-23(32)16-11-19(25)22-28-20(14-3-7-17(26)8-4-14)21(30(22)12-16)15-5-9-18(27)10-6-15/h3-12,31H,13H2,1-2H3,(H,29,32). The number of benzene rings is 2. The molecule has 0 bridgehead atoms. The van der Waals surface area contributed by atoms with Crippen molar-refractivity contribution in [2.75, 3.05) is 6.61 Å². The van der Waals surface area contributed by atoms with Gasteiger partial charge in [-0.15, -0.1) is 0 Å². The number of hydrogen-bond acceptors (Lipinski definition) is 3. The molecule has 164 valence electrons. The summed E-state index contributed by atoms with van der Waals surface area (Å²) in [5.41, 5.74) is 3.70. The molecule has 0 aliphatic heterocycles. The van der Waals surface area contributed by atoms with E-state index in [1.165, 1.54) is 0 Å². The predicted octanol–water partition coefficient (Wildman–Crippen LogP) is 6.24. The minimum absolute atomic E-state index is 0.177. The van der Waals surface area contributed by atoms with Crippen LogP contribution in [0.25, 0.3) is 28.2 Å². The molecule has 2 aromatic heterocycles. The smallest absolute Gasteiger partial charge is 0.253 e. The van der Waals surface area contributed by atoms with E-state index in [-0.39, 0.29) is 12.5 Å². The van der Waals surface area contributed by atoms with Crippen molar-refractivity contribution in [3.63, 3.8) is 0 Å². The Balaban J connectivity index is 1.95. The first-order valence-corrected chi connectivity index (χ1v) is 11.4. The monoisotopic (exact) mass is 531 g/mol. The summed E-state index contributed by atoms with van der Waals surface area (Å²) in [6.45, 7) is 3.34. The predicted molar refractivity (Wildman–Crippen MR) is 132 cm³/mol. The number of hydrogen-bond donors (Lipinski definition) is 2. The molecule has 0 radical (unpaired) electrons. The Kier molecular flexibility index (Phi) is 6.32. The number of nitrogens with zero attached hydrogens (tertiary/aromatic N) is 2. The lowest BCUT2D eigenvalue weighted by Crippen LogP contribution is -2.46. The van der Waals surface area contributed by atoms with Crippen molar-refractivity contribution in [2.45, 2.75) is 19.4 Å². The van der Waals surface area contributed by atoms with E-state index in [1.807, 2.05) is 52.9 Å². The average Bonchev–Trinajstić information content (AvgIpc) is 3.14. The number of pyridine rings is 1. The summed E-state index contributed by atoms with van der Waals surface area (Å²) >= 11 is 15.8. The van der Waals surface area contributed by atoms with E-state index in [4.69, 9.17) is 28.2 Å². The van der Waals surface area contributed by atoms with Gasteiger partial charge in [-0.3, -0.25) is 9.20 Å². The van der Waals surface area contributed by atoms with E-state index in [9.17, 15) is 9.90 Å². The van der Waals surface area contributed by atoms with Gasteiger partial charge in [-0.1, -0.05) is 47.5 Å². The zero-order valence-electron chi connectivity index (χ0n) is 17.4. The van der Waals surface area contributed by atoms with Gasteiger partial charge in [0.15, 0.2) is 5.65 Å². The highest BCUT2D eigenvalue weighted by atomic mass is 79.9. The highest BCUT2D eigenvalue weighted by Crippen LogP contribution is 2.36. The maximum Gasteiger partial charge on any atom is 0.253 e. The van der Waals surface area contributed by atoms with Crippen molar-refractivity contribution in [2.24, 2.45) is 0 Å². The molecule has 2 N–H and O–H groups in total. The van der Waals surface area contributed by atoms with Crippen molar-refractivity contribution in [1.29, 1.82) is 0 Å². The normalized spacial score (nSPS) is 11.7. The number of carbonyl (C=O) groups excluding carboxylic acids is 1. The van der Waals surface area contributed by atoms with Crippen LogP contribution in [-0.4, -0.2) is 32.5 Å². The summed E-state index contributed by atoms with van der Waals surface area (Å²) < 4.78 is 2.56. The Hall–Kier alpha value is -2.38. The Morgan fingerprint density at radius 3 is 2.19 bits per heavy atom. The van der Waals surface area contributed by atoms with Gasteiger partial charge in [0, 0.05) is 27.4 Å². The number of aromatic nitrogens is 2. The number of aliphatic hydroxyl groups is 1. The summed E-state index contributed by atoms with van der Waals surface area (Å²) in [7, 11) is 0. The van der Waals surface area contributed by atoms with Gasteiger partial charge in [0.05, 0.1) is 33.6 Å². The van der Waals surface area contributed by atoms with Crippen LogP contribution in [0.4, 0.5) is 0 Å². The number of amides is 1. The molecule has 4 rings (SSSR count). The number of rotatable bonds is 5. The minimum Gasteiger partial charge on any atom is -0.394 e. The molecule has 4 aromatic rings. The number of imidazole rings is 1. The number of fused-ring (bicyclic) bond motifs is 1. The molecule has 0 unspecified atom stereocenters. The van der Waals surface area contributed by atoms with Crippen LogP contribution in [0.2, 0.25) is 10.0 Å². The molecular weight excluding hydrogens is 513 g/mol. The fraction of sp³-hybridized carbons (Fsp3) is 0.167. The van der Waals surface area contributed by atoms with Gasteiger partial charge in [-0.25, -0.2) is 4.98 Å². The molecule has 32 heavy (non-hydrogen) atoms. The van der Waals surface area contributed by atoms with Crippen LogP contribution in [0.1, 0.15) is 24.2 Å². The molecule has 5 nitrogen and oxygen atoms in total. The first-order chi connectivity index (χ1) is 15.2. The summed E-state index contributed by atoms with van der Waals surface area (Å²) in [6.07, 6.45) is 1.75. The third kappa shape index (κ3) is 4.55. The lowest BCUT2D eigenvalue weighted by atomic mass is 10.0. The lowest BCUT2D eigenvalue weighted by molar-refractivity contribution is 0.0869. The Bertz CT molecular complexity index is 1300. The molecule has 2 aromatic carbocycles. The van der Waals surface area contributed by atoms with Crippen LogP contribution in [0.3, 0.4) is 0 Å². The van der Waals surface area contributed by atoms with Gasteiger partial charge in [0.25, 0.3) is 5.91 Å². The molecule has 0 atom stereocenters. The van der Waals surface area contributed by atoms with E-state index in [2.05, 4.69) is 21.2 Å². The SMILES string of the molecule is CC(C)(CO)NC(=O)c1cc(Br)c2nc(-c3ccc(Cl)cc3)c(-c3ccc(Cl)cc3)n2c1. The number of halogens is 3. The van der Waals surface area contributed by atoms with Crippen molar-refractivity contribution < 1.29 is 9.90 Å². The van der Waals surface area contributed by atoms with E-state index >= 15 is 0 Å². The largest absolute Gasteiger partial charge is 0.394 e. The summed E-state index contributed by atoms with van der Waals surface area (Å²) in [5, 5.41) is 13.6. The maximum atomic E-state index is 12.9. The summed E-state index contributed by atoms with van der Waals surface area (Å²) in [5.74, 6) is -0.296. The van der Waals surface area contributed by atoms with Gasteiger partial charge in [-0.05, 0) is 60.1 Å². The van der Waals surface area contributed by atoms with E-state index in [0.717, 1.165) is 22.5 Å². The van der Waals surface area contributed by atoms with Gasteiger partial charge >= 0.3 is 0 Å². The van der Waals surface area contributed by atoms with Gasteiger partial charge < -0.3 is 10.4 Å². The molecule has 0 fully saturated rings. The fourth-order valence-electron chi connectivity index (χ4n) is 3.34. The quantitative estimate of drug-likeness (QED) is 0.320. The van der Waals surface area contributed by atoms with E-state index in [1.54, 1.807) is 26.1 Å². The second-order valence-electron chi connectivity index (χ2n) is 8.09. The number of nitrogens with one attached hydrogen (secondary N) is 1. The molecule has 2 heterocycles. The van der Waals surface area contributed by atoms with Gasteiger partial charge in [0.2, 0.25) is 0 Å². The topological polar surface area (TPSA) is 66.6 Å².